The molecule has 0 aromatic heterocycles. The Morgan fingerprint density at radius 1 is 1.22 bits per heavy atom. The largest absolute Gasteiger partial charge is 0.511 e. The fraction of sp³-hybridized carbons (Fsp3) is 0.476. The Balaban J connectivity index is 2.19. The maximum Gasteiger partial charge on any atom is 0.430 e. The van der Waals surface area contributed by atoms with Gasteiger partial charge in [-0.15, -0.1) is 0 Å². The second-order valence-electron chi connectivity index (χ2n) is 7.63. The number of amides is 1. The zero-order valence-corrected chi connectivity index (χ0v) is 16.5. The van der Waals surface area contributed by atoms with Crippen LogP contribution in [0.3, 0.4) is 0 Å². The van der Waals surface area contributed by atoms with Gasteiger partial charge in [0.15, 0.2) is 5.78 Å². The average molecular weight is 372 g/mol. The number of rotatable bonds is 4. The summed E-state index contributed by atoms with van der Waals surface area (Å²) < 4.78 is 5.29. The summed E-state index contributed by atoms with van der Waals surface area (Å²) in [6.45, 7) is 5.32. The van der Waals surface area contributed by atoms with E-state index in [2.05, 4.69) is 5.10 Å². The molecule has 0 aliphatic heterocycles. The highest BCUT2D eigenvalue weighted by Crippen LogP contribution is 2.23. The number of ether oxygens (including phenoxy) is 1. The van der Waals surface area contributed by atoms with Gasteiger partial charge < -0.3 is 9.84 Å². The Morgan fingerprint density at radius 2 is 1.89 bits per heavy atom. The van der Waals surface area contributed by atoms with Crippen LogP contribution in [0, 0.1) is 0 Å². The Kier molecular flexibility index (Phi) is 6.77. The SMILES string of the molecule is CN(N=C1CCCC(=O)C1=C(O)CCc1ccccc1)C(=O)OC(C)(C)C. The Hall–Kier alpha value is -2.63. The average Bonchev–Trinajstić information content (AvgIpc) is 2.59. The first-order chi connectivity index (χ1) is 12.7. The summed E-state index contributed by atoms with van der Waals surface area (Å²) in [6.07, 6.45) is 1.92. The van der Waals surface area contributed by atoms with Crippen molar-refractivity contribution in [2.24, 2.45) is 5.10 Å². The summed E-state index contributed by atoms with van der Waals surface area (Å²) >= 11 is 0. The highest BCUT2D eigenvalue weighted by molar-refractivity contribution is 6.24. The third kappa shape index (κ3) is 6.24. The maximum atomic E-state index is 12.4. The highest BCUT2D eigenvalue weighted by Gasteiger charge is 2.27. The number of hydrogen-bond acceptors (Lipinski definition) is 5. The van der Waals surface area contributed by atoms with Crippen molar-refractivity contribution in [1.29, 1.82) is 0 Å². The molecule has 1 aromatic carbocycles. The number of carbonyl (C=O) groups is 2. The van der Waals surface area contributed by atoms with Gasteiger partial charge >= 0.3 is 6.09 Å². The monoisotopic (exact) mass is 372 g/mol. The van der Waals surface area contributed by atoms with E-state index in [0.29, 0.717) is 37.8 Å². The van der Waals surface area contributed by atoms with Crippen LogP contribution >= 0.6 is 0 Å². The second-order valence-corrected chi connectivity index (χ2v) is 7.63. The highest BCUT2D eigenvalue weighted by atomic mass is 16.6. The maximum absolute atomic E-state index is 12.4. The predicted molar refractivity (Wildman–Crippen MR) is 105 cm³/mol. The summed E-state index contributed by atoms with van der Waals surface area (Å²) in [5.41, 5.74) is 1.12. The molecule has 1 N–H and O–H groups in total. The Bertz CT molecular complexity index is 745. The van der Waals surface area contributed by atoms with Gasteiger partial charge in [-0.1, -0.05) is 30.3 Å². The molecule has 27 heavy (non-hydrogen) atoms. The number of hydrazone groups is 1. The van der Waals surface area contributed by atoms with Crippen molar-refractivity contribution in [3.8, 4) is 0 Å². The van der Waals surface area contributed by atoms with Gasteiger partial charge in [0.1, 0.15) is 11.4 Å². The molecule has 0 heterocycles. The van der Waals surface area contributed by atoms with E-state index < -0.39 is 11.7 Å². The molecule has 1 aliphatic rings. The smallest absolute Gasteiger partial charge is 0.430 e. The van der Waals surface area contributed by atoms with Crippen LogP contribution < -0.4 is 0 Å². The lowest BCUT2D eigenvalue weighted by molar-refractivity contribution is -0.115. The standard InChI is InChI=1S/C21H28N2O4/c1-21(2,3)27-20(26)23(4)22-16-11-8-12-17(24)19(16)18(25)14-13-15-9-6-5-7-10-15/h5-7,9-10,25H,8,11-14H2,1-4H3. The number of Topliss-reactive ketones (excluding diaryl/α,β-unsaturated/α-hetero) is 1. The number of hydrogen-bond donors (Lipinski definition) is 1. The van der Waals surface area contributed by atoms with E-state index >= 15 is 0 Å². The van der Waals surface area contributed by atoms with Crippen molar-refractivity contribution in [2.45, 2.75) is 58.5 Å². The number of carbonyl (C=O) groups excluding carboxylic acids is 2. The fourth-order valence-corrected chi connectivity index (χ4v) is 2.84. The fourth-order valence-electron chi connectivity index (χ4n) is 2.84. The van der Waals surface area contributed by atoms with Gasteiger partial charge in [-0.3, -0.25) is 4.79 Å². The number of ketones is 1. The van der Waals surface area contributed by atoms with Gasteiger partial charge in [0, 0.05) is 19.9 Å². The minimum atomic E-state index is -0.635. The number of benzene rings is 1. The van der Waals surface area contributed by atoms with E-state index in [1.165, 1.54) is 7.05 Å². The van der Waals surface area contributed by atoms with Gasteiger partial charge in [0.05, 0.1) is 11.3 Å². The summed E-state index contributed by atoms with van der Waals surface area (Å²) in [5, 5.41) is 15.9. The van der Waals surface area contributed by atoms with Crippen LogP contribution in [0.4, 0.5) is 4.79 Å². The lowest BCUT2D eigenvalue weighted by Crippen LogP contribution is -2.33. The first kappa shape index (κ1) is 20.7. The number of nitrogens with zero attached hydrogens (tertiary/aromatic N) is 2. The molecule has 1 aromatic rings. The minimum Gasteiger partial charge on any atom is -0.511 e. The molecule has 146 valence electrons. The second kappa shape index (κ2) is 8.84. The summed E-state index contributed by atoms with van der Waals surface area (Å²) in [6, 6.07) is 9.77. The molecule has 6 nitrogen and oxygen atoms in total. The van der Waals surface area contributed by atoms with Crippen molar-refractivity contribution in [3.63, 3.8) is 0 Å². The number of allylic oxidation sites excluding steroid dienone is 2. The van der Waals surface area contributed by atoms with Gasteiger partial charge in [0.2, 0.25) is 0 Å². The molecule has 1 amide bonds. The summed E-state index contributed by atoms with van der Waals surface area (Å²) in [4.78, 5) is 24.5. The first-order valence-electron chi connectivity index (χ1n) is 9.21. The van der Waals surface area contributed by atoms with Crippen molar-refractivity contribution in [2.75, 3.05) is 7.05 Å². The molecule has 0 unspecified atom stereocenters. The zero-order valence-electron chi connectivity index (χ0n) is 16.5. The van der Waals surface area contributed by atoms with E-state index in [1.54, 1.807) is 20.8 Å². The van der Waals surface area contributed by atoms with E-state index in [-0.39, 0.29) is 17.1 Å². The Morgan fingerprint density at radius 3 is 2.52 bits per heavy atom. The van der Waals surface area contributed by atoms with Crippen molar-refractivity contribution >= 4 is 17.6 Å². The molecule has 0 saturated heterocycles. The van der Waals surface area contributed by atoms with Crippen LogP contribution in [0.1, 0.15) is 52.0 Å². The van der Waals surface area contributed by atoms with Gasteiger partial charge in [-0.2, -0.15) is 5.10 Å². The van der Waals surface area contributed by atoms with Crippen LogP contribution in [-0.2, 0) is 16.0 Å². The molecule has 1 fully saturated rings. The molecule has 6 heteroatoms. The van der Waals surface area contributed by atoms with E-state index in [4.69, 9.17) is 4.74 Å². The topological polar surface area (TPSA) is 79.2 Å². The normalized spacial score (nSPS) is 18.4. The van der Waals surface area contributed by atoms with E-state index in [9.17, 15) is 14.7 Å². The van der Waals surface area contributed by atoms with Gasteiger partial charge in [-0.25, -0.2) is 9.80 Å². The van der Waals surface area contributed by atoms with Gasteiger partial charge in [-0.05, 0) is 45.6 Å². The molecular formula is C21H28N2O4. The minimum absolute atomic E-state index is 0.0277. The lowest BCUT2D eigenvalue weighted by atomic mass is 9.89. The van der Waals surface area contributed by atoms with Crippen LogP contribution in [0.5, 0.6) is 0 Å². The predicted octanol–water partition coefficient (Wildman–Crippen LogP) is 4.41. The van der Waals surface area contributed by atoms with Gasteiger partial charge in [0.25, 0.3) is 0 Å². The molecule has 2 rings (SSSR count). The summed E-state index contributed by atoms with van der Waals surface area (Å²) in [5.74, 6) is -0.108. The molecule has 1 saturated carbocycles. The summed E-state index contributed by atoms with van der Waals surface area (Å²) in [7, 11) is 1.48. The van der Waals surface area contributed by atoms with Crippen molar-refractivity contribution in [1.82, 2.24) is 5.01 Å². The van der Waals surface area contributed by atoms with Crippen molar-refractivity contribution in [3.05, 3.63) is 47.2 Å². The van der Waals surface area contributed by atoms with Crippen LogP contribution in [0.25, 0.3) is 0 Å². The van der Waals surface area contributed by atoms with E-state index in [0.717, 1.165) is 10.6 Å². The lowest BCUT2D eigenvalue weighted by Gasteiger charge is -2.24. The molecule has 0 radical (unpaired) electrons. The van der Waals surface area contributed by atoms with E-state index in [1.807, 2.05) is 30.3 Å². The third-order valence-corrected chi connectivity index (χ3v) is 4.10. The number of aliphatic hydroxyl groups is 1. The Labute approximate surface area is 160 Å². The molecule has 1 aliphatic carbocycles. The first-order valence-corrected chi connectivity index (χ1v) is 9.21. The molecule has 0 spiro atoms. The quantitative estimate of drug-likeness (QED) is 0.482. The molecular weight excluding hydrogens is 344 g/mol. The number of aryl methyl sites for hydroxylation is 1. The van der Waals surface area contributed by atoms with Crippen LogP contribution in [-0.4, -0.2) is 40.4 Å². The number of aliphatic hydroxyl groups excluding tert-OH is 1. The molecule has 0 atom stereocenters. The third-order valence-electron chi connectivity index (χ3n) is 4.10. The van der Waals surface area contributed by atoms with Crippen molar-refractivity contribution < 1.29 is 19.4 Å². The van der Waals surface area contributed by atoms with Crippen LogP contribution in [0.2, 0.25) is 0 Å². The zero-order chi connectivity index (χ0) is 20.0. The van der Waals surface area contributed by atoms with Crippen LogP contribution in [0.15, 0.2) is 46.8 Å². The molecule has 0 bridgehead atoms.